The molecule has 0 aromatic heterocycles. The summed E-state index contributed by atoms with van der Waals surface area (Å²) in [6.45, 7) is 4.76. The van der Waals surface area contributed by atoms with Crippen LogP contribution in [0, 0.1) is 11.8 Å². The van der Waals surface area contributed by atoms with Gasteiger partial charge in [-0.25, -0.2) is 0 Å². The van der Waals surface area contributed by atoms with Gasteiger partial charge in [-0.15, -0.1) is 0 Å². The van der Waals surface area contributed by atoms with Crippen LogP contribution in [0.2, 0.25) is 0 Å². The van der Waals surface area contributed by atoms with Crippen LogP contribution in [-0.4, -0.2) is 25.5 Å². The van der Waals surface area contributed by atoms with E-state index in [9.17, 15) is 4.79 Å². The second-order valence-electron chi connectivity index (χ2n) is 5.24. The first-order valence-electron chi connectivity index (χ1n) is 6.35. The van der Waals surface area contributed by atoms with Crippen molar-refractivity contribution >= 4 is 11.6 Å². The molecule has 3 rings (SSSR count). The van der Waals surface area contributed by atoms with Gasteiger partial charge in [0.25, 0.3) is 0 Å². The predicted octanol–water partition coefficient (Wildman–Crippen LogP) is 1.43. The number of hydrogen-bond acceptors (Lipinski definition) is 2. The number of anilines is 1. The van der Waals surface area contributed by atoms with Gasteiger partial charge in [0.2, 0.25) is 5.91 Å². The van der Waals surface area contributed by atoms with Gasteiger partial charge in [0.15, 0.2) is 0 Å². The molecule has 2 aliphatic rings. The second kappa shape index (κ2) is 4.15. The van der Waals surface area contributed by atoms with Crippen LogP contribution in [0.25, 0.3) is 0 Å². The minimum absolute atomic E-state index is 0.188. The quantitative estimate of drug-likeness (QED) is 0.791. The average molecular weight is 230 g/mol. The number of rotatable bonds is 1. The maximum Gasteiger partial charge on any atom is 0.232 e. The third-order valence-corrected chi connectivity index (χ3v) is 3.74. The van der Waals surface area contributed by atoms with Gasteiger partial charge in [-0.3, -0.25) is 4.79 Å². The SMILES string of the molecule is CC1Cc2ccccc2N(C(=O)C2CNC2)C1. The zero-order valence-electron chi connectivity index (χ0n) is 10.1. The highest BCUT2D eigenvalue weighted by Gasteiger charge is 2.33. The number of fused-ring (bicyclic) bond motifs is 1. The molecule has 3 nitrogen and oxygen atoms in total. The second-order valence-corrected chi connectivity index (χ2v) is 5.24. The summed E-state index contributed by atoms with van der Waals surface area (Å²) in [4.78, 5) is 14.4. The Kier molecular flexibility index (Phi) is 2.63. The van der Waals surface area contributed by atoms with Gasteiger partial charge < -0.3 is 10.2 Å². The van der Waals surface area contributed by atoms with E-state index in [1.165, 1.54) is 5.56 Å². The Hall–Kier alpha value is -1.35. The van der Waals surface area contributed by atoms with E-state index in [0.29, 0.717) is 11.8 Å². The minimum Gasteiger partial charge on any atom is -0.315 e. The highest BCUT2D eigenvalue weighted by Crippen LogP contribution is 2.30. The van der Waals surface area contributed by atoms with E-state index < -0.39 is 0 Å². The van der Waals surface area contributed by atoms with Gasteiger partial charge in [-0.1, -0.05) is 25.1 Å². The number of nitrogens with one attached hydrogen (secondary N) is 1. The molecule has 1 saturated heterocycles. The molecule has 1 unspecified atom stereocenters. The van der Waals surface area contributed by atoms with Crippen molar-refractivity contribution in [3.63, 3.8) is 0 Å². The van der Waals surface area contributed by atoms with Gasteiger partial charge >= 0.3 is 0 Å². The lowest BCUT2D eigenvalue weighted by molar-refractivity contribution is -0.124. The fourth-order valence-corrected chi connectivity index (χ4v) is 2.69. The molecular formula is C14H18N2O. The van der Waals surface area contributed by atoms with E-state index in [2.05, 4.69) is 30.4 Å². The monoisotopic (exact) mass is 230 g/mol. The van der Waals surface area contributed by atoms with Crippen LogP contribution in [0.4, 0.5) is 5.69 Å². The van der Waals surface area contributed by atoms with Gasteiger partial charge in [-0.05, 0) is 24.0 Å². The normalized spacial score (nSPS) is 24.1. The van der Waals surface area contributed by atoms with Crippen LogP contribution in [0.3, 0.4) is 0 Å². The molecule has 2 heterocycles. The number of amides is 1. The molecule has 0 radical (unpaired) electrons. The van der Waals surface area contributed by atoms with Gasteiger partial charge in [-0.2, -0.15) is 0 Å². The van der Waals surface area contributed by atoms with E-state index in [-0.39, 0.29) is 5.92 Å². The minimum atomic E-state index is 0.188. The standard InChI is InChI=1S/C14H18N2O/c1-10-6-11-4-2-3-5-13(11)16(9-10)14(17)12-7-15-8-12/h2-5,10,12,15H,6-9H2,1H3. The molecule has 1 atom stereocenters. The molecule has 3 heteroatoms. The molecule has 1 aromatic carbocycles. The highest BCUT2D eigenvalue weighted by molar-refractivity contribution is 5.97. The summed E-state index contributed by atoms with van der Waals surface area (Å²) < 4.78 is 0. The Morgan fingerprint density at radius 3 is 2.82 bits per heavy atom. The van der Waals surface area contributed by atoms with Crippen LogP contribution in [0.1, 0.15) is 12.5 Å². The number of nitrogens with zero attached hydrogens (tertiary/aromatic N) is 1. The van der Waals surface area contributed by atoms with Crippen molar-refractivity contribution in [1.82, 2.24) is 5.32 Å². The third kappa shape index (κ3) is 1.84. The number of carbonyl (C=O) groups excluding carboxylic acids is 1. The van der Waals surface area contributed by atoms with E-state index >= 15 is 0 Å². The Bertz CT molecular complexity index is 440. The lowest BCUT2D eigenvalue weighted by Crippen LogP contribution is -2.53. The number of para-hydroxylation sites is 1. The zero-order chi connectivity index (χ0) is 11.8. The predicted molar refractivity (Wildman–Crippen MR) is 68.0 cm³/mol. The fraction of sp³-hybridized carbons (Fsp3) is 0.500. The third-order valence-electron chi connectivity index (χ3n) is 3.74. The van der Waals surface area contributed by atoms with Crippen molar-refractivity contribution in [1.29, 1.82) is 0 Å². The summed E-state index contributed by atoms with van der Waals surface area (Å²) >= 11 is 0. The van der Waals surface area contributed by atoms with E-state index in [1.54, 1.807) is 0 Å². The molecule has 0 spiro atoms. The van der Waals surface area contributed by atoms with Crippen LogP contribution >= 0.6 is 0 Å². The molecule has 2 aliphatic heterocycles. The molecule has 1 fully saturated rings. The Labute approximate surface area is 102 Å². The smallest absolute Gasteiger partial charge is 0.232 e. The molecule has 1 aromatic rings. The summed E-state index contributed by atoms with van der Waals surface area (Å²) in [7, 11) is 0. The van der Waals surface area contributed by atoms with Crippen LogP contribution in [-0.2, 0) is 11.2 Å². The molecule has 0 saturated carbocycles. The molecule has 90 valence electrons. The Balaban J connectivity index is 1.91. The summed E-state index contributed by atoms with van der Waals surface area (Å²) in [5.41, 5.74) is 2.44. The van der Waals surface area contributed by atoms with Crippen molar-refractivity contribution in [3.8, 4) is 0 Å². The lowest BCUT2D eigenvalue weighted by atomic mass is 9.92. The first-order valence-corrected chi connectivity index (χ1v) is 6.35. The van der Waals surface area contributed by atoms with Crippen molar-refractivity contribution < 1.29 is 4.79 Å². The molecule has 1 amide bonds. The molecule has 0 bridgehead atoms. The van der Waals surface area contributed by atoms with Crippen LogP contribution < -0.4 is 10.2 Å². The lowest BCUT2D eigenvalue weighted by Gasteiger charge is -2.37. The van der Waals surface area contributed by atoms with Crippen molar-refractivity contribution in [2.45, 2.75) is 13.3 Å². The Morgan fingerprint density at radius 1 is 1.35 bits per heavy atom. The first kappa shape index (κ1) is 10.8. The number of hydrogen-bond donors (Lipinski definition) is 1. The van der Waals surface area contributed by atoms with Gasteiger partial charge in [0, 0.05) is 25.3 Å². The van der Waals surface area contributed by atoms with Crippen molar-refractivity contribution in [3.05, 3.63) is 29.8 Å². The van der Waals surface area contributed by atoms with Crippen LogP contribution in [0.5, 0.6) is 0 Å². The molecular weight excluding hydrogens is 212 g/mol. The summed E-state index contributed by atoms with van der Waals surface area (Å²) in [6.07, 6.45) is 1.09. The number of carbonyl (C=O) groups is 1. The number of benzene rings is 1. The maximum absolute atomic E-state index is 12.4. The topological polar surface area (TPSA) is 32.3 Å². The molecule has 0 aliphatic carbocycles. The van der Waals surface area contributed by atoms with E-state index in [1.807, 2.05) is 11.0 Å². The zero-order valence-corrected chi connectivity index (χ0v) is 10.1. The highest BCUT2D eigenvalue weighted by atomic mass is 16.2. The summed E-state index contributed by atoms with van der Waals surface area (Å²) in [5, 5.41) is 3.17. The van der Waals surface area contributed by atoms with Gasteiger partial charge in [0.05, 0.1) is 5.92 Å². The summed E-state index contributed by atoms with van der Waals surface area (Å²) in [5.74, 6) is 1.04. The largest absolute Gasteiger partial charge is 0.315 e. The molecule has 1 N–H and O–H groups in total. The average Bonchev–Trinajstić information content (AvgIpc) is 2.25. The Morgan fingerprint density at radius 2 is 2.12 bits per heavy atom. The summed E-state index contributed by atoms with van der Waals surface area (Å²) in [6, 6.07) is 8.30. The van der Waals surface area contributed by atoms with Gasteiger partial charge in [0.1, 0.15) is 0 Å². The first-order chi connectivity index (χ1) is 8.25. The van der Waals surface area contributed by atoms with E-state index in [4.69, 9.17) is 0 Å². The van der Waals surface area contributed by atoms with Crippen LogP contribution in [0.15, 0.2) is 24.3 Å². The van der Waals surface area contributed by atoms with Crippen molar-refractivity contribution in [2.24, 2.45) is 11.8 Å². The fourth-order valence-electron chi connectivity index (χ4n) is 2.69. The molecule has 17 heavy (non-hydrogen) atoms. The maximum atomic E-state index is 12.4. The van der Waals surface area contributed by atoms with E-state index in [0.717, 1.165) is 31.7 Å². The van der Waals surface area contributed by atoms with Crippen molar-refractivity contribution in [2.75, 3.05) is 24.5 Å².